The fraction of sp³-hybridized carbons (Fsp3) is 0.846. The molecule has 7 heteroatoms. The van der Waals surface area contributed by atoms with Gasteiger partial charge in [-0.15, -0.1) is 0 Å². The summed E-state index contributed by atoms with van der Waals surface area (Å²) in [4.78, 5) is 24.8. The predicted molar refractivity (Wildman–Crippen MR) is 68.1 cm³/mol. The Kier molecular flexibility index (Phi) is 4.31. The van der Waals surface area contributed by atoms with E-state index in [9.17, 15) is 14.7 Å². The number of carbonyl (C=O) groups is 2. The Bertz CT molecular complexity index is 396. The summed E-state index contributed by atoms with van der Waals surface area (Å²) in [7, 11) is 0. The third-order valence-corrected chi connectivity index (χ3v) is 3.57. The summed E-state index contributed by atoms with van der Waals surface area (Å²) in [6.07, 6.45) is -1.25. The van der Waals surface area contributed by atoms with Crippen LogP contribution >= 0.6 is 0 Å². The minimum atomic E-state index is -1.03. The summed E-state index contributed by atoms with van der Waals surface area (Å²) in [5.41, 5.74) is -0.536. The van der Waals surface area contributed by atoms with Gasteiger partial charge in [-0.1, -0.05) is 0 Å². The molecule has 0 aliphatic carbocycles. The molecular weight excluding hydrogens is 266 g/mol. The van der Waals surface area contributed by atoms with Gasteiger partial charge in [0.15, 0.2) is 6.10 Å². The van der Waals surface area contributed by atoms with Crippen LogP contribution in [0.1, 0.15) is 26.7 Å². The second-order valence-electron chi connectivity index (χ2n) is 5.93. The maximum absolute atomic E-state index is 12.4. The molecule has 20 heavy (non-hydrogen) atoms. The molecule has 2 saturated heterocycles. The van der Waals surface area contributed by atoms with Crippen molar-refractivity contribution in [2.24, 2.45) is 0 Å². The van der Waals surface area contributed by atoms with E-state index in [0.717, 1.165) is 0 Å². The number of carboxylic acid groups (broad SMARTS) is 1. The lowest BCUT2D eigenvalue weighted by Crippen LogP contribution is -2.57. The van der Waals surface area contributed by atoms with Crippen molar-refractivity contribution in [3.63, 3.8) is 0 Å². The highest BCUT2D eigenvalue weighted by Gasteiger charge is 2.41. The summed E-state index contributed by atoms with van der Waals surface area (Å²) in [5.74, 6) is -1.25. The average Bonchev–Trinajstić information content (AvgIpc) is 2.85. The molecule has 2 aliphatic heterocycles. The molecule has 0 aromatic carbocycles. The van der Waals surface area contributed by atoms with Crippen molar-refractivity contribution in [1.29, 1.82) is 0 Å². The Labute approximate surface area is 117 Å². The highest BCUT2D eigenvalue weighted by Crippen LogP contribution is 2.26. The fourth-order valence-corrected chi connectivity index (χ4v) is 2.76. The number of carboxylic acids is 1. The van der Waals surface area contributed by atoms with Crippen LogP contribution in [-0.4, -0.2) is 70.6 Å². The molecule has 114 valence electrons. The molecule has 0 radical (unpaired) electrons. The molecular formula is C13H21NO6. The predicted octanol–water partition coefficient (Wildman–Crippen LogP) is -0.383. The van der Waals surface area contributed by atoms with E-state index in [1.807, 2.05) is 13.8 Å². The monoisotopic (exact) mass is 287 g/mol. The van der Waals surface area contributed by atoms with Crippen LogP contribution in [0.15, 0.2) is 0 Å². The van der Waals surface area contributed by atoms with E-state index in [1.165, 1.54) is 0 Å². The van der Waals surface area contributed by atoms with Gasteiger partial charge in [-0.05, 0) is 26.7 Å². The van der Waals surface area contributed by atoms with E-state index in [-0.39, 0.29) is 12.5 Å². The third kappa shape index (κ3) is 3.28. The fourth-order valence-electron chi connectivity index (χ4n) is 2.76. The molecule has 2 rings (SSSR count). The molecule has 3 atom stereocenters. The topological polar surface area (TPSA) is 96.3 Å². The van der Waals surface area contributed by atoms with Crippen molar-refractivity contribution < 1.29 is 29.3 Å². The number of amides is 1. The van der Waals surface area contributed by atoms with E-state index >= 15 is 0 Å². The normalized spacial score (nSPS) is 33.1. The summed E-state index contributed by atoms with van der Waals surface area (Å²) in [6.45, 7) is 4.25. The minimum Gasteiger partial charge on any atom is -0.479 e. The number of rotatable bonds is 3. The lowest BCUT2D eigenvalue weighted by molar-refractivity contribution is -0.175. The van der Waals surface area contributed by atoms with Crippen LogP contribution in [0.3, 0.4) is 0 Å². The van der Waals surface area contributed by atoms with Crippen molar-refractivity contribution in [2.45, 2.75) is 50.6 Å². The van der Waals surface area contributed by atoms with Gasteiger partial charge in [-0.2, -0.15) is 0 Å². The molecule has 2 aliphatic rings. The smallest absolute Gasteiger partial charge is 0.332 e. The van der Waals surface area contributed by atoms with E-state index in [1.54, 1.807) is 4.90 Å². The zero-order chi connectivity index (χ0) is 14.9. The first-order valence-corrected chi connectivity index (χ1v) is 6.78. The van der Waals surface area contributed by atoms with Gasteiger partial charge < -0.3 is 24.6 Å². The Hall–Kier alpha value is -1.18. The zero-order valence-electron chi connectivity index (χ0n) is 11.7. The highest BCUT2D eigenvalue weighted by molar-refractivity contribution is 5.83. The largest absolute Gasteiger partial charge is 0.479 e. The van der Waals surface area contributed by atoms with Gasteiger partial charge in [0.2, 0.25) is 0 Å². The number of carbonyl (C=O) groups excluding carboxylic acids is 1. The quantitative estimate of drug-likeness (QED) is 0.734. The molecule has 1 unspecified atom stereocenters. The molecule has 0 aromatic rings. The first-order chi connectivity index (χ1) is 9.32. The maximum atomic E-state index is 12.4. The SMILES string of the molecule is CC1(C)CN(C(=O)[C@@H]2CC[C@H](C(=O)O)O2)CC(CO)O1. The van der Waals surface area contributed by atoms with E-state index in [0.29, 0.717) is 25.9 Å². The number of aliphatic hydroxyl groups is 1. The first-order valence-electron chi connectivity index (χ1n) is 6.78. The molecule has 7 nitrogen and oxygen atoms in total. The van der Waals surface area contributed by atoms with Gasteiger partial charge in [0.1, 0.15) is 6.10 Å². The Morgan fingerprint density at radius 3 is 2.50 bits per heavy atom. The first kappa shape index (κ1) is 15.2. The Morgan fingerprint density at radius 1 is 1.30 bits per heavy atom. The van der Waals surface area contributed by atoms with Gasteiger partial charge in [-0.3, -0.25) is 4.79 Å². The molecule has 2 heterocycles. The van der Waals surface area contributed by atoms with Gasteiger partial charge in [0, 0.05) is 13.1 Å². The Morgan fingerprint density at radius 2 is 1.95 bits per heavy atom. The van der Waals surface area contributed by atoms with Crippen LogP contribution in [-0.2, 0) is 19.1 Å². The summed E-state index contributed by atoms with van der Waals surface area (Å²) >= 11 is 0. The van der Waals surface area contributed by atoms with Crippen LogP contribution in [0, 0.1) is 0 Å². The number of hydrogen-bond donors (Lipinski definition) is 2. The molecule has 2 N–H and O–H groups in total. The second kappa shape index (κ2) is 5.67. The molecule has 0 saturated carbocycles. The lowest BCUT2D eigenvalue weighted by atomic mass is 10.0. The summed E-state index contributed by atoms with van der Waals surface area (Å²) < 4.78 is 10.9. The van der Waals surface area contributed by atoms with Gasteiger partial charge in [0.25, 0.3) is 5.91 Å². The summed E-state index contributed by atoms with van der Waals surface area (Å²) in [5, 5.41) is 18.1. The van der Waals surface area contributed by atoms with Crippen molar-refractivity contribution in [3.05, 3.63) is 0 Å². The van der Waals surface area contributed by atoms with Gasteiger partial charge >= 0.3 is 5.97 Å². The van der Waals surface area contributed by atoms with Crippen LogP contribution < -0.4 is 0 Å². The average molecular weight is 287 g/mol. The number of aliphatic carboxylic acids is 1. The molecule has 0 aromatic heterocycles. The van der Waals surface area contributed by atoms with Crippen molar-refractivity contribution in [1.82, 2.24) is 4.90 Å². The molecule has 0 spiro atoms. The zero-order valence-corrected chi connectivity index (χ0v) is 11.7. The van der Waals surface area contributed by atoms with E-state index in [2.05, 4.69) is 0 Å². The van der Waals surface area contributed by atoms with Crippen LogP contribution in [0.25, 0.3) is 0 Å². The number of hydrogen-bond acceptors (Lipinski definition) is 5. The lowest BCUT2D eigenvalue weighted by Gasteiger charge is -2.42. The third-order valence-electron chi connectivity index (χ3n) is 3.57. The minimum absolute atomic E-state index is 0.156. The number of nitrogens with zero attached hydrogens (tertiary/aromatic N) is 1. The van der Waals surface area contributed by atoms with Crippen molar-refractivity contribution in [3.8, 4) is 0 Å². The highest BCUT2D eigenvalue weighted by atomic mass is 16.5. The van der Waals surface area contributed by atoms with Crippen molar-refractivity contribution in [2.75, 3.05) is 19.7 Å². The molecule has 1 amide bonds. The van der Waals surface area contributed by atoms with E-state index in [4.69, 9.17) is 14.6 Å². The number of aliphatic hydroxyl groups excluding tert-OH is 1. The standard InChI is InChI=1S/C13H21NO6/c1-13(2)7-14(5-8(6-15)20-13)11(16)9-3-4-10(19-9)12(17)18/h8-10,15H,3-7H2,1-2H3,(H,17,18)/t8?,9-,10+/m0/s1. The summed E-state index contributed by atoms with van der Waals surface area (Å²) in [6, 6.07) is 0. The van der Waals surface area contributed by atoms with Crippen LogP contribution in [0.5, 0.6) is 0 Å². The second-order valence-corrected chi connectivity index (χ2v) is 5.93. The molecule has 0 bridgehead atoms. The Balaban J connectivity index is 2.00. The maximum Gasteiger partial charge on any atom is 0.332 e. The van der Waals surface area contributed by atoms with Gasteiger partial charge in [-0.25, -0.2) is 4.79 Å². The number of ether oxygens (including phenoxy) is 2. The van der Waals surface area contributed by atoms with Gasteiger partial charge in [0.05, 0.1) is 18.3 Å². The van der Waals surface area contributed by atoms with E-state index < -0.39 is 29.9 Å². The van der Waals surface area contributed by atoms with Crippen LogP contribution in [0.2, 0.25) is 0 Å². The van der Waals surface area contributed by atoms with Crippen molar-refractivity contribution >= 4 is 11.9 Å². The molecule has 2 fully saturated rings. The number of morpholine rings is 1. The van der Waals surface area contributed by atoms with Crippen LogP contribution in [0.4, 0.5) is 0 Å².